The Balaban J connectivity index is 1.76. The van der Waals surface area contributed by atoms with E-state index in [1.165, 1.54) is 4.90 Å². The van der Waals surface area contributed by atoms with Crippen LogP contribution < -0.4 is 5.32 Å². The molecule has 1 N–H and O–H groups in total. The van der Waals surface area contributed by atoms with E-state index >= 15 is 0 Å². The van der Waals surface area contributed by atoms with Gasteiger partial charge in [-0.1, -0.05) is 74.0 Å². The Morgan fingerprint density at radius 3 is 2.25 bits per heavy atom. The SMILES string of the molecule is CCCC1(c2ccccc2)NC(=O)N(CC(=O)N(C)Cc2ccccc2)C1=O. The molecule has 1 atom stereocenters. The molecule has 0 bridgehead atoms. The standard InChI is InChI=1S/C22H25N3O3/c1-3-14-22(18-12-8-5-9-13-18)20(27)25(21(28)23-22)16-19(26)24(2)15-17-10-6-4-7-11-17/h4-13H,3,14-16H2,1-2H3,(H,23,28). The van der Waals surface area contributed by atoms with Gasteiger partial charge in [-0.05, 0) is 17.5 Å². The van der Waals surface area contributed by atoms with Crippen molar-refractivity contribution in [2.75, 3.05) is 13.6 Å². The van der Waals surface area contributed by atoms with Gasteiger partial charge >= 0.3 is 6.03 Å². The number of rotatable bonds is 7. The summed E-state index contributed by atoms with van der Waals surface area (Å²) >= 11 is 0. The third-order valence-corrected chi connectivity index (χ3v) is 5.05. The fourth-order valence-electron chi connectivity index (χ4n) is 3.58. The third-order valence-electron chi connectivity index (χ3n) is 5.05. The van der Waals surface area contributed by atoms with E-state index in [-0.39, 0.29) is 18.4 Å². The van der Waals surface area contributed by atoms with E-state index in [0.717, 1.165) is 22.4 Å². The van der Waals surface area contributed by atoms with Crippen molar-refractivity contribution in [3.8, 4) is 0 Å². The molecule has 0 spiro atoms. The number of carbonyl (C=O) groups is 3. The van der Waals surface area contributed by atoms with Crippen LogP contribution in [0.15, 0.2) is 60.7 Å². The normalized spacial score (nSPS) is 18.9. The molecule has 0 radical (unpaired) electrons. The molecule has 2 aromatic carbocycles. The number of likely N-dealkylation sites (N-methyl/N-ethyl adjacent to an activating group) is 1. The molecule has 2 aromatic rings. The molecule has 1 fully saturated rings. The van der Waals surface area contributed by atoms with Crippen LogP contribution in [0.1, 0.15) is 30.9 Å². The van der Waals surface area contributed by atoms with Gasteiger partial charge in [-0.25, -0.2) is 4.79 Å². The minimum absolute atomic E-state index is 0.272. The highest BCUT2D eigenvalue weighted by Crippen LogP contribution is 2.33. The van der Waals surface area contributed by atoms with E-state index < -0.39 is 11.6 Å². The number of carbonyl (C=O) groups excluding carboxylic acids is 3. The third kappa shape index (κ3) is 3.76. The Hall–Kier alpha value is -3.15. The molecule has 4 amide bonds. The molecular formula is C22H25N3O3. The zero-order valence-electron chi connectivity index (χ0n) is 16.2. The smallest absolute Gasteiger partial charge is 0.325 e. The Morgan fingerprint density at radius 1 is 1.04 bits per heavy atom. The summed E-state index contributed by atoms with van der Waals surface area (Å²) in [5.74, 6) is -0.653. The predicted octanol–water partition coefficient (Wildman–Crippen LogP) is 2.89. The molecule has 1 aliphatic rings. The van der Waals surface area contributed by atoms with Crippen LogP contribution in [0.25, 0.3) is 0 Å². The molecule has 6 heteroatoms. The van der Waals surface area contributed by atoms with E-state index in [0.29, 0.717) is 13.0 Å². The first kappa shape index (κ1) is 19.6. The Labute approximate surface area is 165 Å². The highest BCUT2D eigenvalue weighted by atomic mass is 16.2. The first-order valence-corrected chi connectivity index (χ1v) is 9.45. The van der Waals surface area contributed by atoms with E-state index in [2.05, 4.69) is 5.32 Å². The first-order valence-electron chi connectivity index (χ1n) is 9.45. The fourth-order valence-corrected chi connectivity index (χ4v) is 3.58. The van der Waals surface area contributed by atoms with Gasteiger partial charge in [0, 0.05) is 13.6 Å². The van der Waals surface area contributed by atoms with Gasteiger partial charge < -0.3 is 10.2 Å². The van der Waals surface area contributed by atoms with Gasteiger partial charge in [0.1, 0.15) is 12.1 Å². The quantitative estimate of drug-likeness (QED) is 0.752. The number of benzene rings is 2. The lowest BCUT2D eigenvalue weighted by Gasteiger charge is -2.27. The summed E-state index contributed by atoms with van der Waals surface area (Å²) in [6.45, 7) is 2.11. The number of urea groups is 1. The Morgan fingerprint density at radius 2 is 1.64 bits per heavy atom. The first-order chi connectivity index (χ1) is 13.5. The van der Waals surface area contributed by atoms with Crippen LogP contribution in [0.3, 0.4) is 0 Å². The van der Waals surface area contributed by atoms with E-state index in [4.69, 9.17) is 0 Å². The van der Waals surface area contributed by atoms with E-state index in [9.17, 15) is 14.4 Å². The van der Waals surface area contributed by atoms with Gasteiger partial charge in [-0.3, -0.25) is 14.5 Å². The number of hydrogen-bond acceptors (Lipinski definition) is 3. The Bertz CT molecular complexity index is 854. The maximum Gasteiger partial charge on any atom is 0.325 e. The summed E-state index contributed by atoms with van der Waals surface area (Å²) in [4.78, 5) is 41.0. The Kier molecular flexibility index (Phi) is 5.78. The van der Waals surface area contributed by atoms with Crippen LogP contribution in [0.4, 0.5) is 4.79 Å². The highest BCUT2D eigenvalue weighted by Gasteiger charge is 2.52. The highest BCUT2D eigenvalue weighted by molar-refractivity contribution is 6.09. The van der Waals surface area contributed by atoms with Crippen molar-refractivity contribution >= 4 is 17.8 Å². The molecule has 1 aliphatic heterocycles. The van der Waals surface area contributed by atoms with Crippen molar-refractivity contribution < 1.29 is 14.4 Å². The number of nitrogens with one attached hydrogen (secondary N) is 1. The van der Waals surface area contributed by atoms with E-state index in [1.54, 1.807) is 7.05 Å². The van der Waals surface area contributed by atoms with Gasteiger partial charge in [-0.2, -0.15) is 0 Å². The van der Waals surface area contributed by atoms with Crippen molar-refractivity contribution in [2.45, 2.75) is 31.8 Å². The molecule has 28 heavy (non-hydrogen) atoms. The second kappa shape index (κ2) is 8.25. The van der Waals surface area contributed by atoms with Crippen LogP contribution in [0.2, 0.25) is 0 Å². The topological polar surface area (TPSA) is 69.7 Å². The van der Waals surface area contributed by atoms with Gasteiger partial charge in [0.05, 0.1) is 0 Å². The van der Waals surface area contributed by atoms with Gasteiger partial charge in [-0.15, -0.1) is 0 Å². The molecular weight excluding hydrogens is 354 g/mol. The predicted molar refractivity (Wildman–Crippen MR) is 106 cm³/mol. The largest absolute Gasteiger partial charge is 0.340 e. The minimum Gasteiger partial charge on any atom is -0.340 e. The van der Waals surface area contributed by atoms with Crippen LogP contribution in [0, 0.1) is 0 Å². The number of imide groups is 1. The van der Waals surface area contributed by atoms with Crippen molar-refractivity contribution in [2.24, 2.45) is 0 Å². The average molecular weight is 379 g/mol. The molecule has 0 aliphatic carbocycles. The van der Waals surface area contributed by atoms with Gasteiger partial charge in [0.25, 0.3) is 5.91 Å². The fraction of sp³-hybridized carbons (Fsp3) is 0.318. The van der Waals surface area contributed by atoms with E-state index in [1.807, 2.05) is 67.6 Å². The maximum atomic E-state index is 13.2. The molecule has 1 saturated heterocycles. The second-order valence-corrected chi connectivity index (χ2v) is 7.08. The summed E-state index contributed by atoms with van der Waals surface area (Å²) in [5.41, 5.74) is 0.619. The summed E-state index contributed by atoms with van der Waals surface area (Å²) in [5, 5.41) is 2.85. The zero-order valence-corrected chi connectivity index (χ0v) is 16.2. The number of amides is 4. The van der Waals surface area contributed by atoms with Crippen molar-refractivity contribution in [1.82, 2.24) is 15.1 Å². The van der Waals surface area contributed by atoms with Crippen LogP contribution >= 0.6 is 0 Å². The maximum absolute atomic E-state index is 13.2. The monoisotopic (exact) mass is 379 g/mol. The summed E-state index contributed by atoms with van der Waals surface area (Å²) in [7, 11) is 1.67. The van der Waals surface area contributed by atoms with Gasteiger partial charge in [0.2, 0.25) is 5.91 Å². The molecule has 1 heterocycles. The number of hydrogen-bond donors (Lipinski definition) is 1. The summed E-state index contributed by atoms with van der Waals surface area (Å²) in [6.07, 6.45) is 1.20. The molecule has 146 valence electrons. The van der Waals surface area contributed by atoms with Crippen molar-refractivity contribution in [1.29, 1.82) is 0 Å². The molecule has 0 aromatic heterocycles. The van der Waals surface area contributed by atoms with Crippen molar-refractivity contribution in [3.05, 3.63) is 71.8 Å². The lowest BCUT2D eigenvalue weighted by molar-refractivity contribution is -0.139. The molecule has 1 unspecified atom stereocenters. The minimum atomic E-state index is -1.11. The zero-order chi connectivity index (χ0) is 20.1. The molecule has 3 rings (SSSR count). The lowest BCUT2D eigenvalue weighted by atomic mass is 9.85. The summed E-state index contributed by atoms with van der Waals surface area (Å²) < 4.78 is 0. The second-order valence-electron chi connectivity index (χ2n) is 7.08. The molecule has 6 nitrogen and oxygen atoms in total. The van der Waals surface area contributed by atoms with Crippen LogP contribution in [-0.2, 0) is 21.7 Å². The van der Waals surface area contributed by atoms with Crippen LogP contribution in [-0.4, -0.2) is 41.2 Å². The average Bonchev–Trinajstić information content (AvgIpc) is 2.94. The van der Waals surface area contributed by atoms with Crippen LogP contribution in [0.5, 0.6) is 0 Å². The van der Waals surface area contributed by atoms with Gasteiger partial charge in [0.15, 0.2) is 0 Å². The molecule has 0 saturated carbocycles. The lowest BCUT2D eigenvalue weighted by Crippen LogP contribution is -2.45. The summed E-state index contributed by atoms with van der Waals surface area (Å²) in [6, 6.07) is 18.3. The van der Waals surface area contributed by atoms with Crippen molar-refractivity contribution in [3.63, 3.8) is 0 Å². The number of nitrogens with zero attached hydrogens (tertiary/aromatic N) is 2.